The molecule has 0 aliphatic carbocycles. The standard InChI is InChI=1S/C18H20FN3O/c19-16-8-18(13-23)22(11-16)12-17-6-3-7-21(17)10-15-5-2-1-4-14(15)9-20/h1-7,16,18,23H,8,10-13H2/t16-,18-/m0/s1. The minimum Gasteiger partial charge on any atom is -0.395 e. The van der Waals surface area contributed by atoms with Gasteiger partial charge >= 0.3 is 0 Å². The maximum Gasteiger partial charge on any atom is 0.114 e. The van der Waals surface area contributed by atoms with Crippen LogP contribution in [0.5, 0.6) is 0 Å². The predicted octanol–water partition coefficient (Wildman–Crippen LogP) is 2.31. The number of rotatable bonds is 5. The van der Waals surface area contributed by atoms with Crippen molar-refractivity contribution in [2.75, 3.05) is 13.2 Å². The van der Waals surface area contributed by atoms with E-state index in [2.05, 4.69) is 10.6 Å². The van der Waals surface area contributed by atoms with Crippen LogP contribution in [-0.2, 0) is 13.1 Å². The molecule has 1 N–H and O–H groups in total. The summed E-state index contributed by atoms with van der Waals surface area (Å²) in [5.41, 5.74) is 2.70. The largest absolute Gasteiger partial charge is 0.395 e. The molecular weight excluding hydrogens is 293 g/mol. The molecule has 1 aliphatic rings. The topological polar surface area (TPSA) is 52.2 Å². The minimum atomic E-state index is -0.866. The van der Waals surface area contributed by atoms with Crippen molar-refractivity contribution in [2.24, 2.45) is 0 Å². The minimum absolute atomic E-state index is 0.0155. The number of hydrogen-bond donors (Lipinski definition) is 1. The summed E-state index contributed by atoms with van der Waals surface area (Å²) in [7, 11) is 0. The van der Waals surface area contributed by atoms with E-state index in [1.54, 1.807) is 0 Å². The molecule has 1 aromatic heterocycles. The van der Waals surface area contributed by atoms with Crippen molar-refractivity contribution in [3.63, 3.8) is 0 Å². The normalized spacial score (nSPS) is 21.4. The number of halogens is 1. The van der Waals surface area contributed by atoms with Crippen LogP contribution in [0.2, 0.25) is 0 Å². The number of nitriles is 1. The first kappa shape index (κ1) is 15.7. The van der Waals surface area contributed by atoms with Gasteiger partial charge < -0.3 is 9.67 Å². The van der Waals surface area contributed by atoms with E-state index in [0.29, 0.717) is 31.6 Å². The zero-order valence-electron chi connectivity index (χ0n) is 12.9. The molecule has 2 heterocycles. The lowest BCUT2D eigenvalue weighted by Gasteiger charge is -2.23. The van der Waals surface area contributed by atoms with Crippen molar-refractivity contribution in [1.82, 2.24) is 9.47 Å². The molecule has 0 saturated carbocycles. The van der Waals surface area contributed by atoms with Crippen molar-refractivity contribution in [3.8, 4) is 6.07 Å². The highest BCUT2D eigenvalue weighted by atomic mass is 19.1. The van der Waals surface area contributed by atoms with Crippen molar-refractivity contribution >= 4 is 0 Å². The number of likely N-dealkylation sites (tertiary alicyclic amines) is 1. The van der Waals surface area contributed by atoms with Gasteiger partial charge in [-0.3, -0.25) is 4.90 Å². The fourth-order valence-electron chi connectivity index (χ4n) is 3.21. The first-order valence-electron chi connectivity index (χ1n) is 7.82. The summed E-state index contributed by atoms with van der Waals surface area (Å²) >= 11 is 0. The van der Waals surface area contributed by atoms with E-state index >= 15 is 0 Å². The van der Waals surface area contributed by atoms with E-state index in [4.69, 9.17) is 0 Å². The molecule has 1 aliphatic heterocycles. The number of aliphatic hydroxyl groups excluding tert-OH is 1. The Hall–Kier alpha value is -2.16. The SMILES string of the molecule is N#Cc1ccccc1Cn1cccc1CN1C[C@@H](F)C[C@H]1CO. The molecule has 23 heavy (non-hydrogen) atoms. The van der Waals surface area contributed by atoms with Crippen LogP contribution in [0.4, 0.5) is 4.39 Å². The second kappa shape index (κ2) is 6.95. The monoisotopic (exact) mass is 313 g/mol. The molecule has 5 heteroatoms. The highest BCUT2D eigenvalue weighted by Crippen LogP contribution is 2.23. The van der Waals surface area contributed by atoms with E-state index in [1.807, 2.05) is 47.5 Å². The van der Waals surface area contributed by atoms with Crippen LogP contribution in [0.1, 0.15) is 23.2 Å². The Morgan fingerprint density at radius 3 is 2.83 bits per heavy atom. The van der Waals surface area contributed by atoms with E-state index in [9.17, 15) is 14.8 Å². The second-order valence-electron chi connectivity index (χ2n) is 6.00. The molecule has 1 aromatic carbocycles. The highest BCUT2D eigenvalue weighted by molar-refractivity contribution is 5.37. The summed E-state index contributed by atoms with van der Waals surface area (Å²) < 4.78 is 15.7. The maximum atomic E-state index is 13.6. The lowest BCUT2D eigenvalue weighted by atomic mass is 10.1. The lowest BCUT2D eigenvalue weighted by molar-refractivity contribution is 0.151. The summed E-state index contributed by atoms with van der Waals surface area (Å²) in [5.74, 6) is 0. The van der Waals surface area contributed by atoms with Gasteiger partial charge in [0.2, 0.25) is 0 Å². The number of alkyl halides is 1. The number of aliphatic hydroxyl groups is 1. The Kier molecular flexibility index (Phi) is 4.75. The first-order chi connectivity index (χ1) is 11.2. The van der Waals surface area contributed by atoms with Crippen LogP contribution in [0.15, 0.2) is 42.6 Å². The average molecular weight is 313 g/mol. The molecule has 120 valence electrons. The quantitative estimate of drug-likeness (QED) is 0.921. The van der Waals surface area contributed by atoms with E-state index in [-0.39, 0.29) is 12.6 Å². The van der Waals surface area contributed by atoms with Crippen molar-refractivity contribution in [3.05, 3.63) is 59.4 Å². The van der Waals surface area contributed by atoms with Crippen LogP contribution in [-0.4, -0.2) is 39.9 Å². The van der Waals surface area contributed by atoms with E-state index in [0.717, 1.165) is 11.3 Å². The fraction of sp³-hybridized carbons (Fsp3) is 0.389. The van der Waals surface area contributed by atoms with Crippen LogP contribution < -0.4 is 0 Å². The molecular formula is C18H20FN3O. The lowest BCUT2D eigenvalue weighted by Crippen LogP contribution is -2.32. The van der Waals surface area contributed by atoms with Gasteiger partial charge in [0.05, 0.1) is 18.2 Å². The second-order valence-corrected chi connectivity index (χ2v) is 6.00. The Labute approximate surface area is 135 Å². The number of nitrogens with zero attached hydrogens (tertiary/aromatic N) is 3. The summed E-state index contributed by atoms with van der Waals surface area (Å²) in [6.07, 6.45) is 1.50. The highest BCUT2D eigenvalue weighted by Gasteiger charge is 2.31. The first-order valence-corrected chi connectivity index (χ1v) is 7.82. The molecule has 4 nitrogen and oxygen atoms in total. The molecule has 0 bridgehead atoms. The van der Waals surface area contributed by atoms with Gasteiger partial charge in [0.25, 0.3) is 0 Å². The Morgan fingerprint density at radius 1 is 1.22 bits per heavy atom. The molecule has 0 spiro atoms. The zero-order valence-corrected chi connectivity index (χ0v) is 12.9. The molecule has 2 atom stereocenters. The van der Waals surface area contributed by atoms with Crippen LogP contribution in [0, 0.1) is 11.3 Å². The molecule has 2 aromatic rings. The van der Waals surface area contributed by atoms with Gasteiger partial charge in [-0.15, -0.1) is 0 Å². The molecule has 3 rings (SSSR count). The molecule has 0 unspecified atom stereocenters. The van der Waals surface area contributed by atoms with Gasteiger partial charge in [0.1, 0.15) is 6.17 Å². The Morgan fingerprint density at radius 2 is 2.04 bits per heavy atom. The number of benzene rings is 1. The van der Waals surface area contributed by atoms with E-state index < -0.39 is 6.17 Å². The zero-order chi connectivity index (χ0) is 16.2. The fourth-order valence-corrected chi connectivity index (χ4v) is 3.21. The van der Waals surface area contributed by atoms with Crippen molar-refractivity contribution in [2.45, 2.75) is 31.7 Å². The van der Waals surface area contributed by atoms with Gasteiger partial charge in [-0.05, 0) is 30.2 Å². The molecule has 0 radical (unpaired) electrons. The Balaban J connectivity index is 1.76. The van der Waals surface area contributed by atoms with Gasteiger partial charge in [-0.2, -0.15) is 5.26 Å². The molecule has 0 amide bonds. The van der Waals surface area contributed by atoms with Gasteiger partial charge in [-0.1, -0.05) is 18.2 Å². The molecule has 1 saturated heterocycles. The third kappa shape index (κ3) is 3.44. The van der Waals surface area contributed by atoms with Crippen LogP contribution >= 0.6 is 0 Å². The predicted molar refractivity (Wildman–Crippen MR) is 85.5 cm³/mol. The summed E-state index contributed by atoms with van der Waals surface area (Å²) in [5, 5.41) is 18.6. The van der Waals surface area contributed by atoms with Crippen LogP contribution in [0.3, 0.4) is 0 Å². The van der Waals surface area contributed by atoms with Gasteiger partial charge in [-0.25, -0.2) is 4.39 Å². The van der Waals surface area contributed by atoms with Crippen molar-refractivity contribution < 1.29 is 9.50 Å². The smallest absolute Gasteiger partial charge is 0.114 e. The maximum absolute atomic E-state index is 13.6. The number of aromatic nitrogens is 1. The summed E-state index contributed by atoms with van der Waals surface area (Å²) in [6.45, 7) is 1.57. The van der Waals surface area contributed by atoms with E-state index in [1.165, 1.54) is 0 Å². The van der Waals surface area contributed by atoms with Gasteiger partial charge in [0, 0.05) is 37.6 Å². The molecule has 1 fully saturated rings. The van der Waals surface area contributed by atoms with Crippen molar-refractivity contribution in [1.29, 1.82) is 5.26 Å². The number of hydrogen-bond acceptors (Lipinski definition) is 3. The summed E-state index contributed by atoms with van der Waals surface area (Å²) in [6, 6.07) is 13.6. The summed E-state index contributed by atoms with van der Waals surface area (Å²) in [4.78, 5) is 1.99. The third-order valence-electron chi connectivity index (χ3n) is 4.45. The Bertz CT molecular complexity index is 706. The third-order valence-corrected chi connectivity index (χ3v) is 4.45. The van der Waals surface area contributed by atoms with Gasteiger partial charge in [0.15, 0.2) is 0 Å². The average Bonchev–Trinajstić information content (AvgIpc) is 3.14. The van der Waals surface area contributed by atoms with Crippen LogP contribution in [0.25, 0.3) is 0 Å².